The molecule has 100 valence electrons. The van der Waals surface area contributed by atoms with E-state index in [1.807, 2.05) is 6.92 Å². The fraction of sp³-hybridized carbons (Fsp3) is 0.714. The Kier molecular flexibility index (Phi) is 3.57. The van der Waals surface area contributed by atoms with Gasteiger partial charge in [0.1, 0.15) is 11.6 Å². The zero-order chi connectivity index (χ0) is 13.3. The van der Waals surface area contributed by atoms with Crippen molar-refractivity contribution in [3.63, 3.8) is 0 Å². The van der Waals surface area contributed by atoms with E-state index in [0.29, 0.717) is 0 Å². The molecule has 1 aliphatic rings. The Morgan fingerprint density at radius 3 is 2.22 bits per heavy atom. The number of hydrogen-bond donors (Lipinski definition) is 0. The van der Waals surface area contributed by atoms with Crippen LogP contribution in [0.4, 0.5) is 5.82 Å². The molecule has 2 rings (SSSR count). The second kappa shape index (κ2) is 4.84. The summed E-state index contributed by atoms with van der Waals surface area (Å²) < 4.78 is 0. The molecule has 4 nitrogen and oxygen atoms in total. The summed E-state index contributed by atoms with van der Waals surface area (Å²) >= 11 is 0. The molecule has 1 saturated heterocycles. The van der Waals surface area contributed by atoms with Crippen molar-refractivity contribution in [1.29, 1.82) is 0 Å². The molecule has 0 bridgehead atoms. The standard InChI is InChI=1S/C14H24N4/c1-11-15-12(14(2,3)4)10-13(16-11)18-8-6-17(5)7-9-18/h10H,6-9H2,1-5H3. The average Bonchev–Trinajstić information content (AvgIpc) is 2.28. The lowest BCUT2D eigenvalue weighted by Crippen LogP contribution is -2.45. The van der Waals surface area contributed by atoms with Crippen LogP contribution in [0.25, 0.3) is 0 Å². The van der Waals surface area contributed by atoms with E-state index in [2.05, 4.69) is 53.7 Å². The van der Waals surface area contributed by atoms with E-state index in [-0.39, 0.29) is 5.41 Å². The average molecular weight is 248 g/mol. The number of aromatic nitrogens is 2. The first-order valence-corrected chi connectivity index (χ1v) is 6.66. The van der Waals surface area contributed by atoms with Crippen molar-refractivity contribution in [3.8, 4) is 0 Å². The molecule has 1 fully saturated rings. The van der Waals surface area contributed by atoms with Gasteiger partial charge in [0.25, 0.3) is 0 Å². The SMILES string of the molecule is Cc1nc(N2CCN(C)CC2)cc(C(C)(C)C)n1. The van der Waals surface area contributed by atoms with Crippen LogP contribution in [0.2, 0.25) is 0 Å². The lowest BCUT2D eigenvalue weighted by atomic mass is 9.92. The number of likely N-dealkylation sites (N-methyl/N-ethyl adjacent to an activating group) is 1. The van der Waals surface area contributed by atoms with E-state index in [1.54, 1.807) is 0 Å². The first-order chi connectivity index (χ1) is 8.36. The van der Waals surface area contributed by atoms with Gasteiger partial charge in [0.2, 0.25) is 0 Å². The molecular formula is C14H24N4. The molecule has 0 atom stereocenters. The zero-order valence-electron chi connectivity index (χ0n) is 12.2. The van der Waals surface area contributed by atoms with E-state index in [0.717, 1.165) is 43.5 Å². The number of aryl methyl sites for hydroxylation is 1. The van der Waals surface area contributed by atoms with Crippen LogP contribution in [0.3, 0.4) is 0 Å². The van der Waals surface area contributed by atoms with Gasteiger partial charge in [-0.05, 0) is 14.0 Å². The minimum absolute atomic E-state index is 0.0784. The van der Waals surface area contributed by atoms with Crippen LogP contribution in [0, 0.1) is 6.92 Å². The minimum atomic E-state index is 0.0784. The van der Waals surface area contributed by atoms with Crippen LogP contribution < -0.4 is 4.90 Å². The molecule has 2 heterocycles. The van der Waals surface area contributed by atoms with Gasteiger partial charge >= 0.3 is 0 Å². The molecule has 0 aliphatic carbocycles. The predicted molar refractivity (Wildman–Crippen MR) is 75.2 cm³/mol. The van der Waals surface area contributed by atoms with Gasteiger partial charge in [-0.25, -0.2) is 9.97 Å². The fourth-order valence-electron chi connectivity index (χ4n) is 2.13. The van der Waals surface area contributed by atoms with Gasteiger partial charge < -0.3 is 9.80 Å². The Hall–Kier alpha value is -1.16. The largest absolute Gasteiger partial charge is 0.354 e. The minimum Gasteiger partial charge on any atom is -0.354 e. The molecule has 4 heteroatoms. The molecule has 0 radical (unpaired) electrons. The first-order valence-electron chi connectivity index (χ1n) is 6.66. The highest BCUT2D eigenvalue weighted by atomic mass is 15.3. The van der Waals surface area contributed by atoms with Crippen LogP contribution >= 0.6 is 0 Å². The van der Waals surface area contributed by atoms with Crippen molar-refractivity contribution in [3.05, 3.63) is 17.6 Å². The topological polar surface area (TPSA) is 32.3 Å². The lowest BCUT2D eigenvalue weighted by Gasteiger charge is -2.33. The van der Waals surface area contributed by atoms with Crippen LogP contribution in [-0.4, -0.2) is 48.1 Å². The number of anilines is 1. The smallest absolute Gasteiger partial charge is 0.132 e. The Labute approximate surface area is 110 Å². The molecule has 1 aliphatic heterocycles. The van der Waals surface area contributed by atoms with Crippen molar-refractivity contribution >= 4 is 5.82 Å². The molecule has 0 spiro atoms. The van der Waals surface area contributed by atoms with Crippen molar-refractivity contribution in [1.82, 2.24) is 14.9 Å². The second-order valence-electron chi connectivity index (χ2n) is 6.20. The molecule has 0 N–H and O–H groups in total. The van der Waals surface area contributed by atoms with Gasteiger partial charge in [-0.1, -0.05) is 20.8 Å². The number of hydrogen-bond acceptors (Lipinski definition) is 4. The highest BCUT2D eigenvalue weighted by Gasteiger charge is 2.20. The van der Waals surface area contributed by atoms with E-state index >= 15 is 0 Å². The molecule has 0 aromatic carbocycles. The molecule has 0 amide bonds. The third kappa shape index (κ3) is 2.99. The Bertz CT molecular complexity index is 414. The first kappa shape index (κ1) is 13.3. The van der Waals surface area contributed by atoms with Crippen LogP contribution in [-0.2, 0) is 5.41 Å². The van der Waals surface area contributed by atoms with Gasteiger partial charge in [0.05, 0.1) is 5.69 Å². The summed E-state index contributed by atoms with van der Waals surface area (Å²) in [7, 11) is 2.17. The second-order valence-corrected chi connectivity index (χ2v) is 6.20. The summed E-state index contributed by atoms with van der Waals surface area (Å²) in [6.07, 6.45) is 0. The summed E-state index contributed by atoms with van der Waals surface area (Å²) in [5.74, 6) is 1.96. The van der Waals surface area contributed by atoms with Gasteiger partial charge in [-0.3, -0.25) is 0 Å². The molecule has 18 heavy (non-hydrogen) atoms. The van der Waals surface area contributed by atoms with E-state index in [1.165, 1.54) is 0 Å². The predicted octanol–water partition coefficient (Wildman–Crippen LogP) is 1.83. The Balaban J connectivity index is 2.25. The van der Waals surface area contributed by atoms with Crippen LogP contribution in [0.15, 0.2) is 6.07 Å². The molecule has 1 aromatic heterocycles. The van der Waals surface area contributed by atoms with Gasteiger partial charge in [-0.15, -0.1) is 0 Å². The Morgan fingerprint density at radius 1 is 1.06 bits per heavy atom. The van der Waals surface area contributed by atoms with Crippen LogP contribution in [0.1, 0.15) is 32.3 Å². The summed E-state index contributed by atoms with van der Waals surface area (Å²) in [6.45, 7) is 12.9. The molecular weight excluding hydrogens is 224 g/mol. The van der Waals surface area contributed by atoms with E-state index in [4.69, 9.17) is 0 Å². The van der Waals surface area contributed by atoms with Crippen molar-refractivity contribution in [2.75, 3.05) is 38.1 Å². The van der Waals surface area contributed by atoms with Gasteiger partial charge in [0, 0.05) is 37.7 Å². The maximum atomic E-state index is 4.59. The summed E-state index contributed by atoms with van der Waals surface area (Å²) in [5.41, 5.74) is 1.21. The normalized spacial score (nSPS) is 18.2. The Morgan fingerprint density at radius 2 is 1.67 bits per heavy atom. The summed E-state index contributed by atoms with van der Waals surface area (Å²) in [5, 5.41) is 0. The third-order valence-electron chi connectivity index (χ3n) is 3.42. The zero-order valence-corrected chi connectivity index (χ0v) is 12.2. The van der Waals surface area contributed by atoms with Gasteiger partial charge in [-0.2, -0.15) is 0 Å². The van der Waals surface area contributed by atoms with E-state index < -0.39 is 0 Å². The third-order valence-corrected chi connectivity index (χ3v) is 3.42. The number of piperazine rings is 1. The highest BCUT2D eigenvalue weighted by Crippen LogP contribution is 2.24. The summed E-state index contributed by atoms with van der Waals surface area (Å²) in [6, 6.07) is 2.15. The number of rotatable bonds is 1. The number of nitrogens with zero attached hydrogens (tertiary/aromatic N) is 4. The summed E-state index contributed by atoms with van der Waals surface area (Å²) in [4.78, 5) is 13.9. The maximum absolute atomic E-state index is 4.59. The van der Waals surface area contributed by atoms with Crippen molar-refractivity contribution in [2.24, 2.45) is 0 Å². The van der Waals surface area contributed by atoms with E-state index in [9.17, 15) is 0 Å². The molecule has 0 unspecified atom stereocenters. The highest BCUT2D eigenvalue weighted by molar-refractivity contribution is 5.41. The lowest BCUT2D eigenvalue weighted by molar-refractivity contribution is 0.312. The fourth-order valence-corrected chi connectivity index (χ4v) is 2.13. The molecule has 0 saturated carbocycles. The van der Waals surface area contributed by atoms with Crippen LogP contribution in [0.5, 0.6) is 0 Å². The van der Waals surface area contributed by atoms with Crippen molar-refractivity contribution in [2.45, 2.75) is 33.1 Å². The quantitative estimate of drug-likeness (QED) is 0.759. The maximum Gasteiger partial charge on any atom is 0.132 e. The monoisotopic (exact) mass is 248 g/mol. The van der Waals surface area contributed by atoms with Gasteiger partial charge in [0.15, 0.2) is 0 Å². The van der Waals surface area contributed by atoms with Crippen molar-refractivity contribution < 1.29 is 0 Å². The molecule has 1 aromatic rings.